The van der Waals surface area contributed by atoms with Gasteiger partial charge in [0.15, 0.2) is 0 Å². The lowest BCUT2D eigenvalue weighted by atomic mass is 9.80. The van der Waals surface area contributed by atoms with E-state index in [0.29, 0.717) is 43.7 Å². The molecule has 1 saturated carbocycles. The topological polar surface area (TPSA) is 68.6 Å². The molecule has 7 nitrogen and oxygen atoms in total. The Hall–Kier alpha value is -1.96. The Kier molecular flexibility index (Phi) is 6.35. The average molecular weight is 481 g/mol. The number of anilines is 1. The Morgan fingerprint density at radius 1 is 1.09 bits per heavy atom. The number of aliphatic hydroxyl groups is 1. The van der Waals surface area contributed by atoms with Crippen LogP contribution in [0.15, 0.2) is 29.4 Å². The third-order valence-corrected chi connectivity index (χ3v) is 9.13. The maximum Gasteiger partial charge on any atom is 0.225 e. The first-order valence-corrected chi connectivity index (χ1v) is 13.7. The maximum atomic E-state index is 12.4. The standard InChI is InChI=1S/C28H40N4O3/c33-26(23-4-5-23)31-14-8-28(34,9-15-31)19-25-6-12-29-32(25)24-3-1-2-22(18-24)20-30-13-7-27(21-30)10-16-35-17-11-27/h1-3,12,18,23,25,34H,4-11,13-17,19-21H2. The first-order chi connectivity index (χ1) is 17.0. The van der Waals surface area contributed by atoms with Crippen molar-refractivity contribution in [2.75, 3.05) is 44.4 Å². The van der Waals surface area contributed by atoms with Gasteiger partial charge in [-0.2, -0.15) is 5.10 Å². The molecule has 35 heavy (non-hydrogen) atoms. The second-order valence-electron chi connectivity index (χ2n) is 11.8. The van der Waals surface area contributed by atoms with E-state index < -0.39 is 5.60 Å². The number of benzene rings is 1. The fourth-order valence-corrected chi connectivity index (χ4v) is 6.70. The molecule has 1 N–H and O–H groups in total. The molecule has 3 saturated heterocycles. The molecule has 1 aromatic carbocycles. The monoisotopic (exact) mass is 480 g/mol. The number of piperidine rings is 1. The van der Waals surface area contributed by atoms with Crippen molar-refractivity contribution < 1.29 is 14.6 Å². The zero-order valence-electron chi connectivity index (χ0n) is 20.9. The van der Waals surface area contributed by atoms with Gasteiger partial charge in [-0.15, -0.1) is 0 Å². The van der Waals surface area contributed by atoms with Crippen molar-refractivity contribution in [2.45, 2.75) is 76.0 Å². The van der Waals surface area contributed by atoms with Crippen molar-refractivity contribution in [3.63, 3.8) is 0 Å². The first kappa shape index (κ1) is 23.4. The van der Waals surface area contributed by atoms with Gasteiger partial charge in [0, 0.05) is 57.9 Å². The lowest BCUT2D eigenvalue weighted by molar-refractivity contribution is -0.137. The van der Waals surface area contributed by atoms with Gasteiger partial charge in [0.25, 0.3) is 0 Å². The van der Waals surface area contributed by atoms with Gasteiger partial charge in [0.05, 0.1) is 17.3 Å². The summed E-state index contributed by atoms with van der Waals surface area (Å²) in [6.45, 7) is 6.52. The smallest absolute Gasteiger partial charge is 0.225 e. The summed E-state index contributed by atoms with van der Waals surface area (Å²) in [7, 11) is 0. The van der Waals surface area contributed by atoms with Crippen molar-refractivity contribution in [1.82, 2.24) is 9.80 Å². The highest BCUT2D eigenvalue weighted by atomic mass is 16.5. The van der Waals surface area contributed by atoms with Crippen LogP contribution in [-0.2, 0) is 16.1 Å². The van der Waals surface area contributed by atoms with Gasteiger partial charge in [-0.3, -0.25) is 14.7 Å². The van der Waals surface area contributed by atoms with Crippen LogP contribution in [0.4, 0.5) is 5.69 Å². The summed E-state index contributed by atoms with van der Waals surface area (Å²) in [4.78, 5) is 17.0. The van der Waals surface area contributed by atoms with Gasteiger partial charge in [-0.25, -0.2) is 0 Å². The molecule has 1 atom stereocenters. The van der Waals surface area contributed by atoms with E-state index in [0.717, 1.165) is 44.7 Å². The van der Waals surface area contributed by atoms with E-state index in [-0.39, 0.29) is 12.0 Å². The zero-order chi connectivity index (χ0) is 23.9. The summed E-state index contributed by atoms with van der Waals surface area (Å²) < 4.78 is 5.61. The predicted molar refractivity (Wildman–Crippen MR) is 136 cm³/mol. The quantitative estimate of drug-likeness (QED) is 0.676. The largest absolute Gasteiger partial charge is 0.390 e. The Bertz CT molecular complexity index is 947. The summed E-state index contributed by atoms with van der Waals surface area (Å²) >= 11 is 0. The molecular formula is C28H40N4O3. The number of hydrogen-bond acceptors (Lipinski definition) is 6. The SMILES string of the molecule is O=C(C1CC1)N1CCC(O)(CC2CC=NN2c2cccc(CN3CCC4(CCOCC4)C3)c2)CC1. The van der Waals surface area contributed by atoms with Gasteiger partial charge in [0.2, 0.25) is 5.91 Å². The van der Waals surface area contributed by atoms with Gasteiger partial charge in [-0.1, -0.05) is 12.1 Å². The van der Waals surface area contributed by atoms with Gasteiger partial charge in [0.1, 0.15) is 0 Å². The van der Waals surface area contributed by atoms with E-state index in [9.17, 15) is 9.90 Å². The van der Waals surface area contributed by atoms with Crippen molar-refractivity contribution in [3.05, 3.63) is 29.8 Å². The molecule has 1 unspecified atom stereocenters. The van der Waals surface area contributed by atoms with Gasteiger partial charge in [-0.05, 0) is 81.0 Å². The van der Waals surface area contributed by atoms with Crippen LogP contribution in [0.2, 0.25) is 0 Å². The predicted octanol–water partition coefficient (Wildman–Crippen LogP) is 3.41. The van der Waals surface area contributed by atoms with Crippen LogP contribution < -0.4 is 5.01 Å². The van der Waals surface area contributed by atoms with Crippen LogP contribution >= 0.6 is 0 Å². The van der Waals surface area contributed by atoms with Crippen LogP contribution in [0.1, 0.15) is 63.4 Å². The average Bonchev–Trinajstić information content (AvgIpc) is 3.51. The number of carbonyl (C=O) groups excluding carboxylic acids is 1. The number of likely N-dealkylation sites (tertiary alicyclic amines) is 2. The van der Waals surface area contributed by atoms with Crippen LogP contribution in [-0.4, -0.2) is 78.1 Å². The van der Waals surface area contributed by atoms with E-state index in [1.165, 1.54) is 37.9 Å². The Labute approximate surface area is 209 Å². The van der Waals surface area contributed by atoms with Crippen LogP contribution in [0.3, 0.4) is 0 Å². The molecule has 0 bridgehead atoms. The van der Waals surface area contributed by atoms with E-state index in [4.69, 9.17) is 9.84 Å². The molecule has 4 fully saturated rings. The van der Waals surface area contributed by atoms with E-state index in [1.54, 1.807) is 0 Å². The Balaban J connectivity index is 1.06. The number of rotatable bonds is 6. The molecule has 1 spiro atoms. The van der Waals surface area contributed by atoms with Crippen LogP contribution in [0, 0.1) is 11.3 Å². The minimum atomic E-state index is -0.720. The molecule has 1 aromatic rings. The van der Waals surface area contributed by atoms with E-state index in [2.05, 4.69) is 34.2 Å². The van der Waals surface area contributed by atoms with Crippen molar-refractivity contribution >= 4 is 17.8 Å². The number of hydrogen-bond donors (Lipinski definition) is 1. The fourth-order valence-electron chi connectivity index (χ4n) is 6.70. The van der Waals surface area contributed by atoms with E-state index in [1.807, 2.05) is 11.1 Å². The molecule has 190 valence electrons. The summed E-state index contributed by atoms with van der Waals surface area (Å²) in [5.41, 5.74) is 2.20. The second-order valence-corrected chi connectivity index (χ2v) is 11.8. The highest BCUT2D eigenvalue weighted by Crippen LogP contribution is 2.40. The number of nitrogens with zero attached hydrogens (tertiary/aromatic N) is 4. The molecule has 4 aliphatic heterocycles. The summed E-state index contributed by atoms with van der Waals surface area (Å²) in [6.07, 6.45) is 10.6. The molecule has 0 radical (unpaired) electrons. The second kappa shape index (κ2) is 9.49. The molecule has 4 heterocycles. The van der Waals surface area contributed by atoms with Crippen molar-refractivity contribution in [2.24, 2.45) is 16.4 Å². The minimum Gasteiger partial charge on any atom is -0.390 e. The summed E-state index contributed by atoms with van der Waals surface area (Å²) in [6, 6.07) is 8.97. The van der Waals surface area contributed by atoms with Gasteiger partial charge < -0.3 is 14.7 Å². The van der Waals surface area contributed by atoms with Crippen molar-refractivity contribution in [3.8, 4) is 0 Å². The molecule has 0 aromatic heterocycles. The number of carbonyl (C=O) groups is 1. The number of ether oxygens (including phenoxy) is 1. The summed E-state index contributed by atoms with van der Waals surface area (Å²) in [5.74, 6) is 0.561. The number of amides is 1. The van der Waals surface area contributed by atoms with E-state index >= 15 is 0 Å². The summed E-state index contributed by atoms with van der Waals surface area (Å²) in [5, 5.41) is 18.2. The first-order valence-electron chi connectivity index (χ1n) is 13.7. The van der Waals surface area contributed by atoms with Crippen molar-refractivity contribution in [1.29, 1.82) is 0 Å². The molecule has 6 rings (SSSR count). The Morgan fingerprint density at radius 3 is 2.66 bits per heavy atom. The lowest BCUT2D eigenvalue weighted by Crippen LogP contribution is -2.49. The third-order valence-electron chi connectivity index (χ3n) is 9.13. The van der Waals surface area contributed by atoms with Crippen LogP contribution in [0.25, 0.3) is 0 Å². The highest BCUT2D eigenvalue weighted by Gasteiger charge is 2.42. The Morgan fingerprint density at radius 2 is 1.89 bits per heavy atom. The molecule has 1 aliphatic carbocycles. The maximum absolute atomic E-state index is 12.4. The fraction of sp³-hybridized carbons (Fsp3) is 0.714. The van der Waals surface area contributed by atoms with Gasteiger partial charge >= 0.3 is 0 Å². The zero-order valence-corrected chi connectivity index (χ0v) is 20.9. The third kappa shape index (κ3) is 5.13. The van der Waals surface area contributed by atoms with Crippen LogP contribution in [0.5, 0.6) is 0 Å². The lowest BCUT2D eigenvalue weighted by Gasteiger charge is -2.40. The normalized spacial score (nSPS) is 28.2. The number of hydrazone groups is 1. The molecular weight excluding hydrogens is 440 g/mol. The molecule has 5 aliphatic rings. The molecule has 1 amide bonds. The highest BCUT2D eigenvalue weighted by molar-refractivity contribution is 5.81. The minimum absolute atomic E-state index is 0.165. The molecule has 7 heteroatoms.